The van der Waals surface area contributed by atoms with Gasteiger partial charge in [0.2, 0.25) is 0 Å². The second-order valence-corrected chi connectivity index (χ2v) is 8.44. The first-order chi connectivity index (χ1) is 17.6. The zero-order chi connectivity index (χ0) is 26.7. The summed E-state index contributed by atoms with van der Waals surface area (Å²) in [7, 11) is 0. The van der Waals surface area contributed by atoms with Crippen LogP contribution < -0.4 is 5.73 Å². The number of carboxylic acids is 2. The number of halogens is 3. The Morgan fingerprint density at radius 1 is 1.03 bits per heavy atom. The van der Waals surface area contributed by atoms with Crippen molar-refractivity contribution in [2.45, 2.75) is 32.0 Å². The minimum absolute atomic E-state index is 0.285. The molecule has 0 saturated carbocycles. The molecular formula is C26H23F3N4O4. The van der Waals surface area contributed by atoms with Crippen molar-refractivity contribution in [1.29, 1.82) is 0 Å². The number of nitrogens with two attached hydrogens (primary N) is 1. The maximum absolute atomic E-state index is 11.9. The number of aromatic carboxylic acids is 1. The predicted octanol–water partition coefficient (Wildman–Crippen LogP) is 4.54. The first kappa shape index (κ1) is 25.8. The van der Waals surface area contributed by atoms with E-state index in [-0.39, 0.29) is 5.69 Å². The molecule has 0 amide bonds. The third kappa shape index (κ3) is 5.46. The van der Waals surface area contributed by atoms with Gasteiger partial charge in [-0.25, -0.2) is 9.59 Å². The van der Waals surface area contributed by atoms with Crippen LogP contribution >= 0.6 is 0 Å². The lowest BCUT2D eigenvalue weighted by molar-refractivity contribution is -0.192. The number of rotatable bonds is 5. The van der Waals surface area contributed by atoms with E-state index in [4.69, 9.17) is 15.6 Å². The number of carbonyl (C=O) groups is 2. The van der Waals surface area contributed by atoms with Crippen LogP contribution in [0, 0.1) is 0 Å². The second kappa shape index (κ2) is 10.4. The van der Waals surface area contributed by atoms with Gasteiger partial charge >= 0.3 is 18.1 Å². The number of pyridine rings is 1. The monoisotopic (exact) mass is 512 g/mol. The van der Waals surface area contributed by atoms with Crippen molar-refractivity contribution in [1.82, 2.24) is 14.8 Å². The van der Waals surface area contributed by atoms with Gasteiger partial charge in [0, 0.05) is 29.4 Å². The smallest absolute Gasteiger partial charge is 0.477 e. The molecule has 11 heteroatoms. The van der Waals surface area contributed by atoms with Gasteiger partial charge in [-0.05, 0) is 54.3 Å². The minimum atomic E-state index is -5.08. The van der Waals surface area contributed by atoms with Crippen LogP contribution in [0.25, 0.3) is 33.3 Å². The summed E-state index contributed by atoms with van der Waals surface area (Å²) in [5.74, 6) is -3.69. The van der Waals surface area contributed by atoms with Crippen LogP contribution in [0.3, 0.4) is 0 Å². The Kier molecular flexibility index (Phi) is 7.25. The first-order valence-corrected chi connectivity index (χ1v) is 11.4. The van der Waals surface area contributed by atoms with Crippen LogP contribution in [-0.2, 0) is 24.2 Å². The lowest BCUT2D eigenvalue weighted by Crippen LogP contribution is -2.21. The van der Waals surface area contributed by atoms with E-state index in [9.17, 15) is 23.1 Å². The van der Waals surface area contributed by atoms with Gasteiger partial charge in [-0.15, -0.1) is 0 Å². The molecular weight excluding hydrogens is 489 g/mol. The molecule has 2 aromatic heterocycles. The van der Waals surface area contributed by atoms with Gasteiger partial charge in [-0.2, -0.15) is 18.3 Å². The highest BCUT2D eigenvalue weighted by Crippen LogP contribution is 2.36. The molecule has 5 rings (SSSR count). The number of aryl methyl sites for hydroxylation is 2. The van der Waals surface area contributed by atoms with Crippen molar-refractivity contribution in [2.75, 3.05) is 6.54 Å². The lowest BCUT2D eigenvalue weighted by Gasteiger charge is -2.16. The molecule has 1 aliphatic carbocycles. The summed E-state index contributed by atoms with van der Waals surface area (Å²) in [5.41, 5.74) is 11.5. The zero-order valence-corrected chi connectivity index (χ0v) is 19.5. The number of aromatic nitrogens is 3. The molecule has 0 fully saturated rings. The van der Waals surface area contributed by atoms with Crippen LogP contribution in [0.2, 0.25) is 0 Å². The van der Waals surface area contributed by atoms with E-state index in [1.165, 1.54) is 5.39 Å². The third-order valence-electron chi connectivity index (χ3n) is 6.00. The molecule has 8 nitrogen and oxygen atoms in total. The number of aliphatic carboxylic acids is 1. The third-order valence-corrected chi connectivity index (χ3v) is 6.00. The van der Waals surface area contributed by atoms with Crippen molar-refractivity contribution in [2.24, 2.45) is 5.73 Å². The van der Waals surface area contributed by atoms with Crippen LogP contribution in [0.5, 0.6) is 0 Å². The van der Waals surface area contributed by atoms with E-state index < -0.39 is 18.1 Å². The Morgan fingerprint density at radius 3 is 2.38 bits per heavy atom. The molecule has 0 atom stereocenters. The minimum Gasteiger partial charge on any atom is -0.477 e. The molecule has 2 heterocycles. The fourth-order valence-corrected chi connectivity index (χ4v) is 4.26. The molecule has 4 aromatic rings. The highest BCUT2D eigenvalue weighted by Gasteiger charge is 2.38. The summed E-state index contributed by atoms with van der Waals surface area (Å²) in [4.78, 5) is 25.5. The Morgan fingerprint density at radius 2 is 1.73 bits per heavy atom. The topological polar surface area (TPSA) is 131 Å². The Labute approximate surface area is 209 Å². The van der Waals surface area contributed by atoms with Crippen LogP contribution in [0.4, 0.5) is 13.2 Å². The number of alkyl halides is 3. The van der Waals surface area contributed by atoms with Crippen molar-refractivity contribution >= 4 is 22.7 Å². The molecule has 0 unspecified atom stereocenters. The Balaban J connectivity index is 0.000000405. The predicted molar refractivity (Wildman–Crippen MR) is 130 cm³/mol. The summed E-state index contributed by atoms with van der Waals surface area (Å²) in [6.45, 7) is 0.999. The van der Waals surface area contributed by atoms with Gasteiger partial charge < -0.3 is 15.9 Å². The number of nitrogens with zero attached hydrogens (tertiary/aromatic N) is 3. The second-order valence-electron chi connectivity index (χ2n) is 8.44. The highest BCUT2D eigenvalue weighted by atomic mass is 19.4. The first-order valence-electron chi connectivity index (χ1n) is 11.4. The number of benzene rings is 2. The average Bonchev–Trinajstić information content (AvgIpc) is 3.26. The van der Waals surface area contributed by atoms with Crippen molar-refractivity contribution in [3.63, 3.8) is 0 Å². The van der Waals surface area contributed by atoms with E-state index in [0.29, 0.717) is 25.9 Å². The van der Waals surface area contributed by atoms with Crippen molar-refractivity contribution in [3.8, 4) is 22.5 Å². The molecule has 0 aliphatic heterocycles. The molecule has 0 radical (unpaired) electrons. The lowest BCUT2D eigenvalue weighted by atomic mass is 9.89. The zero-order valence-electron chi connectivity index (χ0n) is 19.5. The molecule has 0 bridgehead atoms. The van der Waals surface area contributed by atoms with Gasteiger partial charge in [0.15, 0.2) is 0 Å². The van der Waals surface area contributed by atoms with E-state index in [1.54, 1.807) is 4.68 Å². The number of hydrogen-bond donors (Lipinski definition) is 3. The van der Waals surface area contributed by atoms with Crippen LogP contribution in [-0.4, -0.2) is 49.6 Å². The Bertz CT molecular complexity index is 1480. The average molecular weight is 512 g/mol. The summed E-state index contributed by atoms with van der Waals surface area (Å²) in [5, 5.41) is 23.9. The van der Waals surface area contributed by atoms with Gasteiger partial charge in [0.25, 0.3) is 0 Å². The summed E-state index contributed by atoms with van der Waals surface area (Å²) in [6, 6.07) is 16.6. The van der Waals surface area contributed by atoms with Gasteiger partial charge in [0.05, 0.1) is 11.4 Å². The van der Waals surface area contributed by atoms with Gasteiger partial charge in [-0.1, -0.05) is 36.4 Å². The van der Waals surface area contributed by atoms with E-state index >= 15 is 0 Å². The number of carboxylic acid groups (broad SMARTS) is 2. The maximum atomic E-state index is 11.9. The number of hydrogen-bond acceptors (Lipinski definition) is 5. The van der Waals surface area contributed by atoms with Gasteiger partial charge in [0.1, 0.15) is 5.69 Å². The molecule has 1 aliphatic rings. The van der Waals surface area contributed by atoms with E-state index in [2.05, 4.69) is 40.4 Å². The fraction of sp³-hybridized carbons (Fsp3) is 0.231. The summed E-state index contributed by atoms with van der Waals surface area (Å²) < 4.78 is 33.3. The van der Waals surface area contributed by atoms with Crippen LogP contribution in [0.15, 0.2) is 54.7 Å². The standard InChI is InChI=1S/C24H22N4O2.C2HF3O2/c25-10-3-11-28-23(24(29)30)19-9-8-18-14-26-21(13-20(18)22(19)27-28)17-7-6-15-4-1-2-5-16(15)12-17;3-2(4,5)1(6)7/h1-2,4-7,12-14H,3,8-11,25H2,(H,29,30);(H,6,7). The summed E-state index contributed by atoms with van der Waals surface area (Å²) in [6.07, 6.45) is -1.08. The van der Waals surface area contributed by atoms with Crippen molar-refractivity contribution in [3.05, 3.63) is 71.5 Å². The molecule has 37 heavy (non-hydrogen) atoms. The number of fused-ring (bicyclic) bond motifs is 4. The van der Waals surface area contributed by atoms with E-state index in [1.807, 2.05) is 24.4 Å². The van der Waals surface area contributed by atoms with Crippen LogP contribution in [0.1, 0.15) is 28.0 Å². The SMILES string of the molecule is NCCCn1nc2c(c1C(=O)O)CCc1cnc(-c3ccc4ccccc4c3)cc1-2.O=C(O)C(F)(F)F. The molecule has 2 aromatic carbocycles. The molecule has 0 saturated heterocycles. The Hall–Kier alpha value is -4.25. The summed E-state index contributed by atoms with van der Waals surface area (Å²) >= 11 is 0. The molecule has 0 spiro atoms. The van der Waals surface area contributed by atoms with Gasteiger partial charge in [-0.3, -0.25) is 9.67 Å². The highest BCUT2D eigenvalue weighted by molar-refractivity contribution is 5.91. The largest absolute Gasteiger partial charge is 0.490 e. The van der Waals surface area contributed by atoms with Crippen molar-refractivity contribution < 1.29 is 33.0 Å². The van der Waals surface area contributed by atoms with E-state index in [0.717, 1.165) is 45.4 Å². The molecule has 4 N–H and O–H groups in total. The normalized spacial score (nSPS) is 12.3. The maximum Gasteiger partial charge on any atom is 0.490 e. The quantitative estimate of drug-likeness (QED) is 0.358. The molecule has 192 valence electrons. The fourth-order valence-electron chi connectivity index (χ4n) is 4.26.